The summed E-state index contributed by atoms with van der Waals surface area (Å²) in [7, 11) is 0. The minimum absolute atomic E-state index is 0. The summed E-state index contributed by atoms with van der Waals surface area (Å²) in [6.07, 6.45) is 15.1. The van der Waals surface area contributed by atoms with Crippen molar-refractivity contribution in [2.75, 3.05) is 0 Å². The Morgan fingerprint density at radius 3 is 1.84 bits per heavy atom. The van der Waals surface area contributed by atoms with Crippen LogP contribution in [0, 0.1) is 29.6 Å². The average molecular weight is 508 g/mol. The van der Waals surface area contributed by atoms with Crippen molar-refractivity contribution in [3.05, 3.63) is 102 Å². The smallest absolute Gasteiger partial charge is 1.00 e. The number of allylic oxidation sites excluding steroid dienone is 4. The van der Waals surface area contributed by atoms with Crippen molar-refractivity contribution in [1.82, 2.24) is 0 Å². The molecule has 0 heterocycles. The molecule has 4 heteroatoms. The third-order valence-corrected chi connectivity index (χ3v) is 7.53. The average Bonchev–Trinajstić information content (AvgIpc) is 3.09. The van der Waals surface area contributed by atoms with Crippen LogP contribution in [0.25, 0.3) is 0 Å². The first-order valence-electron chi connectivity index (χ1n) is 10.6. The van der Waals surface area contributed by atoms with Gasteiger partial charge in [0.2, 0.25) is 0 Å². The van der Waals surface area contributed by atoms with E-state index in [0.29, 0.717) is 11.8 Å². The van der Waals surface area contributed by atoms with Crippen LogP contribution in [-0.4, -0.2) is 0 Å². The van der Waals surface area contributed by atoms with Gasteiger partial charge < -0.3 is 37.2 Å². The Labute approximate surface area is 221 Å². The second kappa shape index (κ2) is 12.1. The maximum absolute atomic E-state index is 2.51. The molecule has 2 aromatic carbocycles. The fraction of sp³-hybridized carbons (Fsp3) is 0.370. The van der Waals surface area contributed by atoms with Crippen molar-refractivity contribution in [2.45, 2.75) is 38.0 Å². The molecule has 0 radical (unpaired) electrons. The molecule has 2 aromatic rings. The van der Waals surface area contributed by atoms with E-state index in [1.54, 1.807) is 5.92 Å². The molecule has 0 saturated heterocycles. The molecule has 162 valence electrons. The predicted molar refractivity (Wildman–Crippen MR) is 113 cm³/mol. The van der Waals surface area contributed by atoms with E-state index < -0.39 is 0 Å². The van der Waals surface area contributed by atoms with Gasteiger partial charge in [-0.15, -0.1) is 17.4 Å². The van der Waals surface area contributed by atoms with Crippen LogP contribution in [0.5, 0.6) is 0 Å². The van der Waals surface area contributed by atoms with Crippen molar-refractivity contribution in [3.63, 3.8) is 0 Å². The number of benzene rings is 2. The Balaban J connectivity index is 0.00000120. The zero-order valence-electron chi connectivity index (χ0n) is 17.9. The minimum Gasteiger partial charge on any atom is -1.00 e. The molecule has 0 bridgehead atoms. The Morgan fingerprint density at radius 1 is 0.742 bits per heavy atom. The first-order valence-corrected chi connectivity index (χ1v) is 10.6. The Morgan fingerprint density at radius 2 is 1.26 bits per heavy atom. The van der Waals surface area contributed by atoms with Gasteiger partial charge in [-0.1, -0.05) is 129 Å². The van der Waals surface area contributed by atoms with E-state index in [0.717, 1.165) is 11.8 Å². The largest absolute Gasteiger partial charge is 4.00 e. The van der Waals surface area contributed by atoms with E-state index in [4.69, 9.17) is 0 Å². The summed E-state index contributed by atoms with van der Waals surface area (Å²) in [5.74, 6) is 4.61. The minimum atomic E-state index is -0.0300. The maximum atomic E-state index is 2.51. The number of rotatable bonds is 3. The third-order valence-electron chi connectivity index (χ3n) is 7.53. The van der Waals surface area contributed by atoms with Gasteiger partial charge in [0.25, 0.3) is 0 Å². The molecule has 0 amide bonds. The SMILES string of the molecule is CC(c1ccccc1)(c1ccccc1)[C-]1C2C=CC=CC2C2CCCCC12.[Cl-].[Cl-].[Cl-].[Ti+4]. The van der Waals surface area contributed by atoms with Crippen LogP contribution in [0.1, 0.15) is 43.7 Å². The fourth-order valence-electron chi connectivity index (χ4n) is 6.35. The quantitative estimate of drug-likeness (QED) is 0.326. The first-order chi connectivity index (χ1) is 13.3. The summed E-state index contributed by atoms with van der Waals surface area (Å²) in [4.78, 5) is 0. The zero-order chi connectivity index (χ0) is 18.3. The molecule has 0 spiro atoms. The Hall–Kier alpha value is -0.496. The van der Waals surface area contributed by atoms with Crippen LogP contribution in [0.2, 0.25) is 0 Å². The first kappa shape index (κ1) is 28.5. The zero-order valence-corrected chi connectivity index (χ0v) is 21.7. The molecular formula is C27H29Cl3Ti. The van der Waals surface area contributed by atoms with Gasteiger partial charge in [-0.2, -0.15) is 5.92 Å². The van der Waals surface area contributed by atoms with E-state index in [9.17, 15) is 0 Å². The van der Waals surface area contributed by atoms with Crippen molar-refractivity contribution >= 4 is 0 Å². The van der Waals surface area contributed by atoms with Crippen LogP contribution in [0.15, 0.2) is 85.0 Å². The van der Waals surface area contributed by atoms with Crippen LogP contribution in [0.3, 0.4) is 0 Å². The number of hydrogen-bond acceptors (Lipinski definition) is 0. The third kappa shape index (κ3) is 4.90. The predicted octanol–water partition coefficient (Wildman–Crippen LogP) is -2.25. The summed E-state index contributed by atoms with van der Waals surface area (Å²) in [5.41, 5.74) is 2.86. The molecule has 31 heavy (non-hydrogen) atoms. The van der Waals surface area contributed by atoms with E-state index >= 15 is 0 Å². The maximum Gasteiger partial charge on any atom is 4.00 e. The molecular weight excluding hydrogens is 479 g/mol. The fourth-order valence-corrected chi connectivity index (χ4v) is 6.35. The van der Waals surface area contributed by atoms with Crippen molar-refractivity contribution in [3.8, 4) is 0 Å². The second-order valence-corrected chi connectivity index (χ2v) is 8.74. The Bertz CT molecular complexity index is 810. The van der Waals surface area contributed by atoms with Crippen LogP contribution < -0.4 is 37.2 Å². The summed E-state index contributed by atoms with van der Waals surface area (Å²) in [6.45, 7) is 2.49. The normalized spacial score (nSPS) is 26.2. The molecule has 4 atom stereocenters. The second-order valence-electron chi connectivity index (χ2n) is 8.74. The van der Waals surface area contributed by atoms with Gasteiger partial charge in [-0.25, -0.2) is 0 Å². The number of hydrogen-bond donors (Lipinski definition) is 0. The van der Waals surface area contributed by atoms with E-state index in [1.807, 2.05) is 0 Å². The van der Waals surface area contributed by atoms with Gasteiger partial charge in [-0.3, -0.25) is 5.92 Å². The van der Waals surface area contributed by atoms with Crippen LogP contribution >= 0.6 is 0 Å². The summed E-state index contributed by atoms with van der Waals surface area (Å²) >= 11 is 0. The molecule has 2 saturated carbocycles. The van der Waals surface area contributed by atoms with Crippen molar-refractivity contribution in [2.24, 2.45) is 23.7 Å². The standard InChI is InChI=1S/C27H29.3ClH.Ti/c1-27(20-12-4-2-5-13-20,21-14-6-3-7-15-21)26-24-18-10-8-16-22(24)23-17-9-11-19-25(23)26;;;;/h2-8,10,12-16,18,22-25H,9,11,17,19H2,1H3;3*1H;/q-1;;;;+4/p-3. The van der Waals surface area contributed by atoms with Gasteiger partial charge in [0.15, 0.2) is 0 Å². The summed E-state index contributed by atoms with van der Waals surface area (Å²) in [5, 5.41) is 0. The topological polar surface area (TPSA) is 0 Å². The molecule has 0 N–H and O–H groups in total. The molecule has 0 aliphatic heterocycles. The van der Waals surface area contributed by atoms with Gasteiger partial charge in [0.05, 0.1) is 0 Å². The van der Waals surface area contributed by atoms with Crippen LogP contribution in [0.4, 0.5) is 0 Å². The van der Waals surface area contributed by atoms with Gasteiger partial charge in [-0.05, 0) is 5.92 Å². The molecule has 0 aromatic heterocycles. The molecule has 5 rings (SSSR count). The van der Waals surface area contributed by atoms with E-state index in [-0.39, 0.29) is 64.4 Å². The van der Waals surface area contributed by atoms with E-state index in [2.05, 4.69) is 91.9 Å². The number of fused-ring (bicyclic) bond motifs is 3. The van der Waals surface area contributed by atoms with Crippen molar-refractivity contribution < 1.29 is 58.9 Å². The molecule has 2 fully saturated rings. The molecule has 3 aliphatic carbocycles. The van der Waals surface area contributed by atoms with Crippen LogP contribution in [-0.2, 0) is 27.1 Å². The Kier molecular flexibility index (Phi) is 11.1. The molecule has 3 aliphatic rings. The van der Waals surface area contributed by atoms with Crippen molar-refractivity contribution in [1.29, 1.82) is 0 Å². The van der Waals surface area contributed by atoms with Gasteiger partial charge in [0, 0.05) is 0 Å². The number of halogens is 3. The van der Waals surface area contributed by atoms with E-state index in [1.165, 1.54) is 36.8 Å². The monoisotopic (exact) mass is 506 g/mol. The summed E-state index contributed by atoms with van der Waals surface area (Å²) in [6, 6.07) is 22.5. The molecule has 0 nitrogen and oxygen atoms in total. The summed E-state index contributed by atoms with van der Waals surface area (Å²) < 4.78 is 0. The van der Waals surface area contributed by atoms with Gasteiger partial charge >= 0.3 is 21.7 Å². The van der Waals surface area contributed by atoms with Gasteiger partial charge in [0.1, 0.15) is 0 Å². The molecule has 4 unspecified atom stereocenters.